The van der Waals surface area contributed by atoms with Crippen molar-refractivity contribution in [3.63, 3.8) is 0 Å². The summed E-state index contributed by atoms with van der Waals surface area (Å²) in [4.78, 5) is 30.6. The zero-order chi connectivity index (χ0) is 36.1. The van der Waals surface area contributed by atoms with E-state index in [0.29, 0.717) is 56.8 Å². The molecular formula is C41H52F2N4O4. The normalized spacial score (nSPS) is 26.2. The first-order valence-electron chi connectivity index (χ1n) is 18.9. The van der Waals surface area contributed by atoms with Gasteiger partial charge in [-0.1, -0.05) is 19.1 Å². The number of hydrogen-bond acceptors (Lipinski definition) is 5. The maximum absolute atomic E-state index is 16.8. The molecule has 1 aliphatic heterocycles. The first kappa shape index (κ1) is 35.5. The highest BCUT2D eigenvalue weighted by atomic mass is 19.1. The molecule has 0 spiro atoms. The second-order valence-electron chi connectivity index (χ2n) is 16.3. The van der Waals surface area contributed by atoms with Crippen molar-refractivity contribution in [3.8, 4) is 16.9 Å². The molecule has 0 atom stereocenters. The number of amides is 2. The van der Waals surface area contributed by atoms with Crippen LogP contribution in [0.3, 0.4) is 0 Å². The van der Waals surface area contributed by atoms with Crippen molar-refractivity contribution in [1.29, 1.82) is 0 Å². The summed E-state index contributed by atoms with van der Waals surface area (Å²) >= 11 is 0. The van der Waals surface area contributed by atoms with Crippen LogP contribution in [0.4, 0.5) is 19.3 Å². The van der Waals surface area contributed by atoms with Crippen molar-refractivity contribution >= 4 is 17.7 Å². The summed E-state index contributed by atoms with van der Waals surface area (Å²) in [7, 11) is 1.70. The Morgan fingerprint density at radius 3 is 2.27 bits per heavy atom. The van der Waals surface area contributed by atoms with E-state index in [-0.39, 0.29) is 52.1 Å². The minimum atomic E-state index is -0.732. The van der Waals surface area contributed by atoms with E-state index in [1.54, 1.807) is 27.8 Å². The van der Waals surface area contributed by atoms with E-state index in [0.717, 1.165) is 49.8 Å². The summed E-state index contributed by atoms with van der Waals surface area (Å²) in [6.45, 7) is 9.93. The third-order valence-electron chi connectivity index (χ3n) is 12.6. The smallest absolute Gasteiger partial charge is 0.410 e. The number of aromatic nitrogens is 2. The summed E-state index contributed by atoms with van der Waals surface area (Å²) in [6, 6.07) is 9.28. The highest BCUT2D eigenvalue weighted by Crippen LogP contribution is 2.58. The molecule has 4 saturated carbocycles. The van der Waals surface area contributed by atoms with Crippen LogP contribution in [-0.4, -0.2) is 59.5 Å². The molecule has 2 amide bonds. The van der Waals surface area contributed by atoms with Crippen LogP contribution in [0.5, 0.6) is 5.75 Å². The van der Waals surface area contributed by atoms with Gasteiger partial charge in [-0.15, -0.1) is 0 Å². The van der Waals surface area contributed by atoms with Crippen LogP contribution >= 0.6 is 0 Å². The average Bonchev–Trinajstić information content (AvgIpc) is 3.61. The number of halogens is 2. The molecule has 8 nitrogen and oxygen atoms in total. The maximum atomic E-state index is 16.8. The van der Waals surface area contributed by atoms with E-state index < -0.39 is 11.6 Å². The highest BCUT2D eigenvalue weighted by Gasteiger charge is 2.51. The number of fused-ring (bicyclic) bond motifs is 3. The van der Waals surface area contributed by atoms with E-state index in [1.807, 2.05) is 13.8 Å². The number of aryl methyl sites for hydroxylation is 1. The van der Waals surface area contributed by atoms with Gasteiger partial charge in [-0.05, 0) is 131 Å². The Hall–Kier alpha value is -3.95. The summed E-state index contributed by atoms with van der Waals surface area (Å²) < 4.78 is 45.2. The predicted molar refractivity (Wildman–Crippen MR) is 193 cm³/mol. The van der Waals surface area contributed by atoms with Crippen LogP contribution < -0.4 is 9.64 Å². The van der Waals surface area contributed by atoms with E-state index in [1.165, 1.54) is 23.9 Å². The van der Waals surface area contributed by atoms with Crippen molar-refractivity contribution in [1.82, 2.24) is 14.7 Å². The molecule has 0 radical (unpaired) electrons. The number of anilines is 1. The molecule has 0 N–H and O–H groups in total. The molecule has 10 heteroatoms. The van der Waals surface area contributed by atoms with Gasteiger partial charge in [-0.25, -0.2) is 13.6 Å². The highest BCUT2D eigenvalue weighted by molar-refractivity contribution is 5.96. The Labute approximate surface area is 300 Å². The van der Waals surface area contributed by atoms with Crippen molar-refractivity contribution in [3.05, 3.63) is 65.5 Å². The topological polar surface area (TPSA) is 76.9 Å². The third-order valence-corrected chi connectivity index (χ3v) is 12.6. The van der Waals surface area contributed by atoms with Gasteiger partial charge in [0.25, 0.3) is 0 Å². The molecule has 2 bridgehead atoms. The van der Waals surface area contributed by atoms with Gasteiger partial charge in [-0.3, -0.25) is 9.48 Å². The standard InChI is InChI=1S/C41H52F2N4O4/c1-26(2)47-24-30(21-44-47)36-33(42)11-12-34(37(36)43)46(38(48)29-6-9-32(10-7-29)51-39(49)45-22-27(3)23-45)25-40-14-17-41(18-15-40,19-16-40)31-8-13-35(50-5)28(4)20-31/h8,11-13,20-21,24,26-27,29,32H,6-7,9-10,14-19,22-23,25H2,1-5H3. The second-order valence-corrected chi connectivity index (χ2v) is 16.3. The van der Waals surface area contributed by atoms with Crippen LogP contribution in [0.25, 0.3) is 11.1 Å². The molecule has 274 valence electrons. The molecule has 1 saturated heterocycles. The molecule has 0 unspecified atom stereocenters. The van der Waals surface area contributed by atoms with E-state index in [9.17, 15) is 9.59 Å². The number of ether oxygens (including phenoxy) is 2. The van der Waals surface area contributed by atoms with Gasteiger partial charge in [-0.2, -0.15) is 5.10 Å². The molecule has 8 rings (SSSR count). The van der Waals surface area contributed by atoms with Gasteiger partial charge in [0.1, 0.15) is 17.7 Å². The van der Waals surface area contributed by atoms with Gasteiger partial charge in [0, 0.05) is 43.4 Å². The first-order chi connectivity index (χ1) is 24.4. The Bertz CT molecular complexity index is 1750. The monoisotopic (exact) mass is 702 g/mol. The summed E-state index contributed by atoms with van der Waals surface area (Å²) in [5.41, 5.74) is 2.71. The minimum absolute atomic E-state index is 0.0284. The molecule has 5 fully saturated rings. The fourth-order valence-electron chi connectivity index (χ4n) is 9.24. The summed E-state index contributed by atoms with van der Waals surface area (Å²) in [5.74, 6) is -0.506. The van der Waals surface area contributed by atoms with E-state index in [4.69, 9.17) is 9.47 Å². The van der Waals surface area contributed by atoms with Crippen molar-refractivity contribution < 1.29 is 27.8 Å². The number of likely N-dealkylation sites (tertiary alicyclic amines) is 1. The zero-order valence-electron chi connectivity index (χ0n) is 30.7. The number of carbonyl (C=O) groups is 2. The number of rotatable bonds is 9. The summed E-state index contributed by atoms with van der Waals surface area (Å²) in [5, 5.41) is 4.34. The lowest BCUT2D eigenvalue weighted by molar-refractivity contribution is -0.124. The van der Waals surface area contributed by atoms with Gasteiger partial charge in [0.05, 0.1) is 24.6 Å². The third kappa shape index (κ3) is 6.75. The SMILES string of the molecule is COc1ccc(C23CCC(CN(C(=O)C4CCC(OC(=O)N5CC(C)C5)CC4)c4ccc(F)c(-c5cnn(C(C)C)c5)c4F)(CC2)CC3)cc1C. The van der Waals surface area contributed by atoms with Crippen molar-refractivity contribution in [2.75, 3.05) is 31.6 Å². The zero-order valence-corrected chi connectivity index (χ0v) is 30.7. The molecule has 4 aliphatic carbocycles. The van der Waals surface area contributed by atoms with E-state index >= 15 is 8.78 Å². The lowest BCUT2D eigenvalue weighted by Crippen LogP contribution is -2.52. The molecule has 1 aromatic heterocycles. The van der Waals surface area contributed by atoms with Gasteiger partial charge >= 0.3 is 6.09 Å². The molecule has 3 aromatic rings. The fraction of sp³-hybridized carbons (Fsp3) is 0.585. The van der Waals surface area contributed by atoms with Crippen molar-refractivity contribution in [2.24, 2.45) is 17.3 Å². The van der Waals surface area contributed by atoms with Gasteiger partial charge < -0.3 is 19.3 Å². The number of benzene rings is 2. The largest absolute Gasteiger partial charge is 0.496 e. The number of nitrogens with zero attached hydrogens (tertiary/aromatic N) is 4. The molecular weight excluding hydrogens is 650 g/mol. The second kappa shape index (κ2) is 13.9. The predicted octanol–water partition coefficient (Wildman–Crippen LogP) is 9.00. The summed E-state index contributed by atoms with van der Waals surface area (Å²) in [6.07, 6.45) is 10.7. The Balaban J connectivity index is 1.14. The van der Waals surface area contributed by atoms with Crippen LogP contribution in [0.2, 0.25) is 0 Å². The first-order valence-corrected chi connectivity index (χ1v) is 18.9. The van der Waals surface area contributed by atoms with Crippen LogP contribution in [0, 0.1) is 35.8 Å². The maximum Gasteiger partial charge on any atom is 0.410 e. The Morgan fingerprint density at radius 2 is 1.69 bits per heavy atom. The molecule has 51 heavy (non-hydrogen) atoms. The molecule has 5 aliphatic rings. The lowest BCUT2D eigenvalue weighted by Gasteiger charge is -2.55. The quantitative estimate of drug-likeness (QED) is 0.223. The number of carbonyl (C=O) groups excluding carboxylic acids is 2. The van der Waals surface area contributed by atoms with Gasteiger partial charge in [0.2, 0.25) is 5.91 Å². The van der Waals surface area contributed by atoms with E-state index in [2.05, 4.69) is 37.1 Å². The lowest BCUT2D eigenvalue weighted by atomic mass is 9.51. The Morgan fingerprint density at radius 1 is 1.00 bits per heavy atom. The van der Waals surface area contributed by atoms with Crippen molar-refractivity contribution in [2.45, 2.75) is 109 Å². The van der Waals surface area contributed by atoms with Gasteiger partial charge in [0.15, 0.2) is 5.82 Å². The van der Waals surface area contributed by atoms with Crippen LogP contribution in [0.1, 0.15) is 102 Å². The average molecular weight is 703 g/mol. The molecule has 2 aromatic carbocycles. The fourth-order valence-corrected chi connectivity index (χ4v) is 9.24. The van der Waals surface area contributed by atoms with Crippen LogP contribution in [0.15, 0.2) is 42.7 Å². The number of hydrogen-bond donors (Lipinski definition) is 0. The number of methoxy groups -OCH3 is 1. The minimum Gasteiger partial charge on any atom is -0.496 e. The van der Waals surface area contributed by atoms with Crippen LogP contribution in [-0.2, 0) is 14.9 Å². The molecule has 2 heterocycles. The Kier molecular flexibility index (Phi) is 9.65.